The lowest BCUT2D eigenvalue weighted by Crippen LogP contribution is -2.51. The molecule has 0 spiro atoms. The molecule has 1 fully saturated rings. The minimum absolute atomic E-state index is 0.250. The number of rotatable bonds is 6. The fraction of sp³-hybridized carbons (Fsp3) is 0.360. The second-order valence-electron chi connectivity index (χ2n) is 8.25. The van der Waals surface area contributed by atoms with Crippen molar-refractivity contribution in [3.8, 4) is 0 Å². The molecule has 0 bridgehead atoms. The highest BCUT2D eigenvalue weighted by Crippen LogP contribution is 2.29. The first-order valence-corrected chi connectivity index (χ1v) is 11.2. The van der Waals surface area contributed by atoms with E-state index in [1.54, 1.807) is 12.1 Å². The van der Waals surface area contributed by atoms with E-state index in [0.717, 1.165) is 43.9 Å². The zero-order valence-electron chi connectivity index (χ0n) is 18.9. The summed E-state index contributed by atoms with van der Waals surface area (Å²) in [5, 5.41) is 5.70. The third-order valence-corrected chi connectivity index (χ3v) is 6.23. The highest BCUT2D eigenvalue weighted by molar-refractivity contribution is 5.95. The van der Waals surface area contributed by atoms with Gasteiger partial charge in [0.05, 0.1) is 18.7 Å². The van der Waals surface area contributed by atoms with Gasteiger partial charge in [0.15, 0.2) is 0 Å². The zero-order valence-corrected chi connectivity index (χ0v) is 18.9. The summed E-state index contributed by atoms with van der Waals surface area (Å²) in [6, 6.07) is 13.5. The molecule has 1 atom stereocenters. The van der Waals surface area contributed by atoms with Crippen LogP contribution in [0.3, 0.4) is 0 Å². The number of halogens is 1. The number of ether oxygens (including phenoxy) is 1. The molecule has 2 amide bonds. The lowest BCUT2D eigenvalue weighted by Gasteiger charge is -2.38. The molecule has 0 aliphatic carbocycles. The maximum absolute atomic E-state index is 13.2. The van der Waals surface area contributed by atoms with E-state index in [1.165, 1.54) is 24.8 Å². The van der Waals surface area contributed by atoms with E-state index in [2.05, 4.69) is 27.4 Å². The van der Waals surface area contributed by atoms with Crippen LogP contribution in [0.1, 0.15) is 24.1 Å². The van der Waals surface area contributed by atoms with E-state index in [0.29, 0.717) is 17.8 Å². The molecular formula is C25H29FN4O3. The van der Waals surface area contributed by atoms with Crippen LogP contribution >= 0.6 is 0 Å². The van der Waals surface area contributed by atoms with Gasteiger partial charge in [-0.05, 0) is 41.8 Å². The summed E-state index contributed by atoms with van der Waals surface area (Å²) in [6.45, 7) is 5.53. The van der Waals surface area contributed by atoms with E-state index >= 15 is 0 Å². The Morgan fingerprint density at radius 1 is 1.06 bits per heavy atom. The molecule has 33 heavy (non-hydrogen) atoms. The quantitative estimate of drug-likeness (QED) is 0.660. The first kappa shape index (κ1) is 22.8. The first-order chi connectivity index (χ1) is 16.0. The molecule has 2 aliphatic rings. The standard InChI is InChI=1S/C25H29FN4O3/c1-3-17-4-6-18(7-5-17)23-22(24(31)33-2)21(27-25(32)28-23)16-29-12-14-30(15-13-29)20-10-8-19(26)9-11-20/h4-11,23H,3,12-16H2,1-2H3,(H2,27,28,32). The number of piperazine rings is 1. The summed E-state index contributed by atoms with van der Waals surface area (Å²) in [7, 11) is 1.35. The van der Waals surface area contributed by atoms with E-state index in [9.17, 15) is 14.0 Å². The van der Waals surface area contributed by atoms with Crippen molar-refractivity contribution in [1.82, 2.24) is 15.5 Å². The van der Waals surface area contributed by atoms with E-state index in [-0.39, 0.29) is 11.8 Å². The van der Waals surface area contributed by atoms with Gasteiger partial charge in [-0.15, -0.1) is 0 Å². The van der Waals surface area contributed by atoms with Crippen molar-refractivity contribution in [1.29, 1.82) is 0 Å². The minimum Gasteiger partial charge on any atom is -0.466 e. The maximum atomic E-state index is 13.2. The number of amides is 2. The van der Waals surface area contributed by atoms with E-state index in [1.807, 2.05) is 24.3 Å². The summed E-state index contributed by atoms with van der Waals surface area (Å²) in [5.41, 5.74) is 3.98. The Hall–Kier alpha value is -3.39. The van der Waals surface area contributed by atoms with Crippen molar-refractivity contribution in [2.24, 2.45) is 0 Å². The third-order valence-electron chi connectivity index (χ3n) is 6.23. The highest BCUT2D eigenvalue weighted by atomic mass is 19.1. The molecule has 2 N–H and O–H groups in total. The van der Waals surface area contributed by atoms with Gasteiger partial charge in [-0.2, -0.15) is 0 Å². The van der Waals surface area contributed by atoms with Crippen LogP contribution in [-0.2, 0) is 16.0 Å². The minimum atomic E-state index is -0.576. The number of methoxy groups -OCH3 is 1. The number of urea groups is 1. The Bertz CT molecular complexity index is 1030. The molecule has 2 heterocycles. The number of aryl methyl sites for hydroxylation is 1. The Kier molecular flexibility index (Phi) is 6.93. The summed E-state index contributed by atoms with van der Waals surface area (Å²) < 4.78 is 18.3. The summed E-state index contributed by atoms with van der Waals surface area (Å²) in [5.74, 6) is -0.716. The summed E-state index contributed by atoms with van der Waals surface area (Å²) >= 11 is 0. The van der Waals surface area contributed by atoms with Crippen LogP contribution in [-0.4, -0.2) is 56.7 Å². The fourth-order valence-corrected chi connectivity index (χ4v) is 4.33. The molecule has 1 unspecified atom stereocenters. The van der Waals surface area contributed by atoms with E-state index in [4.69, 9.17) is 4.74 Å². The zero-order chi connectivity index (χ0) is 23.4. The van der Waals surface area contributed by atoms with Gasteiger partial charge >= 0.3 is 12.0 Å². The predicted octanol–water partition coefficient (Wildman–Crippen LogP) is 2.99. The average molecular weight is 453 g/mol. The molecule has 2 aliphatic heterocycles. The van der Waals surface area contributed by atoms with Crippen molar-refractivity contribution >= 4 is 17.7 Å². The van der Waals surface area contributed by atoms with Crippen LogP contribution in [0.4, 0.5) is 14.9 Å². The van der Waals surface area contributed by atoms with Gasteiger partial charge in [-0.3, -0.25) is 4.90 Å². The van der Waals surface area contributed by atoms with Crippen LogP contribution < -0.4 is 15.5 Å². The number of carbonyl (C=O) groups is 2. The lowest BCUT2D eigenvalue weighted by molar-refractivity contribution is -0.136. The van der Waals surface area contributed by atoms with Gasteiger partial charge < -0.3 is 20.3 Å². The van der Waals surface area contributed by atoms with Gasteiger partial charge in [-0.1, -0.05) is 31.2 Å². The topological polar surface area (TPSA) is 73.9 Å². The summed E-state index contributed by atoms with van der Waals surface area (Å²) in [6.07, 6.45) is 0.910. The Morgan fingerprint density at radius 3 is 2.33 bits per heavy atom. The highest BCUT2D eigenvalue weighted by Gasteiger charge is 2.34. The van der Waals surface area contributed by atoms with Crippen molar-refractivity contribution in [2.45, 2.75) is 19.4 Å². The van der Waals surface area contributed by atoms with Crippen molar-refractivity contribution in [2.75, 3.05) is 44.7 Å². The molecule has 7 nitrogen and oxygen atoms in total. The first-order valence-electron chi connectivity index (χ1n) is 11.2. The van der Waals surface area contributed by atoms with Crippen LogP contribution in [0.5, 0.6) is 0 Å². The largest absolute Gasteiger partial charge is 0.466 e. The van der Waals surface area contributed by atoms with Gasteiger partial charge in [0.2, 0.25) is 0 Å². The van der Waals surface area contributed by atoms with Gasteiger partial charge in [0.25, 0.3) is 0 Å². The number of esters is 1. The van der Waals surface area contributed by atoms with E-state index < -0.39 is 12.0 Å². The van der Waals surface area contributed by atoms with Crippen LogP contribution in [0.2, 0.25) is 0 Å². The molecule has 0 aromatic heterocycles. The van der Waals surface area contributed by atoms with Crippen LogP contribution in [0.15, 0.2) is 59.8 Å². The molecule has 2 aromatic rings. The van der Waals surface area contributed by atoms with Crippen LogP contribution in [0, 0.1) is 5.82 Å². The average Bonchev–Trinajstić information content (AvgIpc) is 2.84. The maximum Gasteiger partial charge on any atom is 0.338 e. The Balaban J connectivity index is 1.53. The molecule has 4 rings (SSSR count). The van der Waals surface area contributed by atoms with Gasteiger partial charge in [0, 0.05) is 44.1 Å². The molecule has 0 saturated carbocycles. The number of benzene rings is 2. The Labute approximate surface area is 193 Å². The second-order valence-corrected chi connectivity index (χ2v) is 8.25. The van der Waals surface area contributed by atoms with Crippen molar-refractivity contribution in [3.05, 3.63) is 76.7 Å². The number of nitrogens with one attached hydrogen (secondary N) is 2. The molecule has 8 heteroatoms. The number of carbonyl (C=O) groups excluding carboxylic acids is 2. The van der Waals surface area contributed by atoms with Crippen molar-refractivity contribution < 1.29 is 18.7 Å². The fourth-order valence-electron chi connectivity index (χ4n) is 4.33. The predicted molar refractivity (Wildman–Crippen MR) is 124 cm³/mol. The lowest BCUT2D eigenvalue weighted by atomic mass is 9.94. The Morgan fingerprint density at radius 2 is 1.73 bits per heavy atom. The van der Waals surface area contributed by atoms with Crippen molar-refractivity contribution in [3.63, 3.8) is 0 Å². The molecule has 1 saturated heterocycles. The molecule has 174 valence electrons. The van der Waals surface area contributed by atoms with Gasteiger partial charge in [0.1, 0.15) is 5.82 Å². The molecule has 2 aromatic carbocycles. The molecular weight excluding hydrogens is 423 g/mol. The van der Waals surface area contributed by atoms with Gasteiger partial charge in [-0.25, -0.2) is 14.0 Å². The third kappa shape index (κ3) is 5.17. The number of hydrogen-bond acceptors (Lipinski definition) is 5. The number of nitrogens with zero attached hydrogens (tertiary/aromatic N) is 2. The smallest absolute Gasteiger partial charge is 0.338 e. The summed E-state index contributed by atoms with van der Waals surface area (Å²) in [4.78, 5) is 29.6. The number of anilines is 1. The normalized spacial score (nSPS) is 19.2. The monoisotopic (exact) mass is 452 g/mol. The number of hydrogen-bond donors (Lipinski definition) is 2. The second kappa shape index (κ2) is 10.0. The van der Waals surface area contributed by atoms with Crippen LogP contribution in [0.25, 0.3) is 0 Å². The molecule has 0 radical (unpaired) electrons. The SMILES string of the molecule is CCc1ccc(C2NC(=O)NC(CN3CCN(c4ccc(F)cc4)CC3)=C2C(=O)OC)cc1.